The van der Waals surface area contributed by atoms with Crippen molar-refractivity contribution in [3.05, 3.63) is 23.8 Å². The molecule has 1 saturated heterocycles. The summed E-state index contributed by atoms with van der Waals surface area (Å²) < 4.78 is 43.4. The molecule has 0 radical (unpaired) electrons. The van der Waals surface area contributed by atoms with Gasteiger partial charge in [0, 0.05) is 59.1 Å². The highest BCUT2D eigenvalue weighted by molar-refractivity contribution is 7.92. The number of hydrogen-bond acceptors (Lipinski definition) is 7. The van der Waals surface area contributed by atoms with Crippen molar-refractivity contribution < 1.29 is 27.4 Å². The van der Waals surface area contributed by atoms with E-state index in [0.29, 0.717) is 36.1 Å². The third-order valence-electron chi connectivity index (χ3n) is 6.71. The normalized spacial score (nSPS) is 26.2. The molecule has 1 fully saturated rings. The molecule has 3 rings (SSSR count). The van der Waals surface area contributed by atoms with Crippen molar-refractivity contribution in [2.75, 3.05) is 64.6 Å². The third kappa shape index (κ3) is 7.31. The zero-order chi connectivity index (χ0) is 24.9. The number of amides is 1. The first-order valence-electron chi connectivity index (χ1n) is 11.9. The van der Waals surface area contributed by atoms with Gasteiger partial charge in [0.1, 0.15) is 12.4 Å². The van der Waals surface area contributed by atoms with Crippen molar-refractivity contribution >= 4 is 21.6 Å². The molecule has 192 valence electrons. The van der Waals surface area contributed by atoms with Crippen LogP contribution in [-0.2, 0) is 19.5 Å². The molecule has 0 spiro atoms. The molecule has 1 amide bonds. The Balaban J connectivity index is 1.91. The van der Waals surface area contributed by atoms with E-state index in [1.54, 1.807) is 37.3 Å². The predicted molar refractivity (Wildman–Crippen MR) is 132 cm³/mol. The molecule has 1 aromatic carbocycles. The van der Waals surface area contributed by atoms with Gasteiger partial charge in [0.2, 0.25) is 10.0 Å². The topological polar surface area (TPSA) is 97.4 Å². The summed E-state index contributed by atoms with van der Waals surface area (Å²) in [4.78, 5) is 17.4. The smallest absolute Gasteiger partial charge is 0.257 e. The van der Waals surface area contributed by atoms with Gasteiger partial charge in [-0.1, -0.05) is 6.92 Å². The van der Waals surface area contributed by atoms with Gasteiger partial charge in [-0.05, 0) is 43.7 Å². The molecule has 9 nitrogen and oxygen atoms in total. The van der Waals surface area contributed by atoms with Gasteiger partial charge < -0.3 is 19.1 Å². The molecule has 0 aromatic heterocycles. The minimum absolute atomic E-state index is 0.0921. The maximum atomic E-state index is 13.3. The lowest BCUT2D eigenvalue weighted by Gasteiger charge is -2.38. The zero-order valence-electron chi connectivity index (χ0n) is 21.0. The molecule has 34 heavy (non-hydrogen) atoms. The first-order valence-corrected chi connectivity index (χ1v) is 13.8. The van der Waals surface area contributed by atoms with Gasteiger partial charge in [-0.25, -0.2) is 8.42 Å². The summed E-state index contributed by atoms with van der Waals surface area (Å²) >= 11 is 0. The quantitative estimate of drug-likeness (QED) is 0.667. The fraction of sp³-hybridized carbons (Fsp3) is 0.708. The highest BCUT2D eigenvalue weighted by Crippen LogP contribution is 2.28. The van der Waals surface area contributed by atoms with Crippen molar-refractivity contribution in [3.8, 4) is 5.75 Å². The highest BCUT2D eigenvalue weighted by atomic mass is 32.2. The molecule has 1 N–H and O–H groups in total. The molecular formula is C24H39N3O6S. The number of methoxy groups -OCH3 is 1. The minimum Gasteiger partial charge on any atom is -0.491 e. The predicted octanol–water partition coefficient (Wildman–Crippen LogP) is 2.29. The summed E-state index contributed by atoms with van der Waals surface area (Å²) in [6, 6.07) is 4.87. The summed E-state index contributed by atoms with van der Waals surface area (Å²) in [5.74, 6) is 0.954. The summed E-state index contributed by atoms with van der Waals surface area (Å²) in [5, 5.41) is 0. The largest absolute Gasteiger partial charge is 0.491 e. The van der Waals surface area contributed by atoms with Crippen molar-refractivity contribution in [3.63, 3.8) is 0 Å². The van der Waals surface area contributed by atoms with E-state index in [4.69, 9.17) is 14.2 Å². The summed E-state index contributed by atoms with van der Waals surface area (Å²) in [5.41, 5.74) is 0.756. The lowest BCUT2D eigenvalue weighted by molar-refractivity contribution is 0.0000256. The van der Waals surface area contributed by atoms with Crippen molar-refractivity contribution in [2.45, 2.75) is 38.8 Å². The number of anilines is 1. The molecule has 0 bridgehead atoms. The van der Waals surface area contributed by atoms with Crippen LogP contribution in [0.1, 0.15) is 37.0 Å². The molecule has 10 heteroatoms. The summed E-state index contributed by atoms with van der Waals surface area (Å²) in [7, 11) is -0.0127. The Morgan fingerprint density at radius 2 is 1.88 bits per heavy atom. The van der Waals surface area contributed by atoms with Gasteiger partial charge >= 0.3 is 0 Å². The molecule has 0 saturated carbocycles. The number of hydrogen-bond donors (Lipinski definition) is 1. The summed E-state index contributed by atoms with van der Waals surface area (Å²) in [6.07, 6.45) is 3.07. The van der Waals surface area contributed by atoms with Crippen LogP contribution in [0.3, 0.4) is 0 Å². The Kier molecular flexibility index (Phi) is 9.20. The molecule has 1 aromatic rings. The Morgan fingerprint density at radius 1 is 1.18 bits per heavy atom. The van der Waals surface area contributed by atoms with E-state index < -0.39 is 10.0 Å². The monoisotopic (exact) mass is 497 g/mol. The second-order valence-corrected chi connectivity index (χ2v) is 11.4. The molecule has 2 aliphatic heterocycles. The van der Waals surface area contributed by atoms with Crippen molar-refractivity contribution in [2.24, 2.45) is 11.8 Å². The second kappa shape index (κ2) is 11.7. The summed E-state index contributed by atoms with van der Waals surface area (Å²) in [6.45, 7) is 8.49. The number of fused-ring (bicyclic) bond motifs is 1. The van der Waals surface area contributed by atoms with E-state index in [2.05, 4.69) is 23.5 Å². The Morgan fingerprint density at radius 3 is 2.53 bits per heavy atom. The van der Waals surface area contributed by atoms with Gasteiger partial charge in [0.15, 0.2) is 0 Å². The Hall–Kier alpha value is -1.88. The average molecular weight is 498 g/mol. The van der Waals surface area contributed by atoms with Crippen LogP contribution in [0.4, 0.5) is 5.69 Å². The number of carbonyl (C=O) groups is 1. The molecular weight excluding hydrogens is 458 g/mol. The van der Waals surface area contributed by atoms with Crippen LogP contribution in [0.2, 0.25) is 0 Å². The highest BCUT2D eigenvalue weighted by Gasteiger charge is 2.30. The maximum Gasteiger partial charge on any atom is 0.257 e. The number of sulfonamides is 1. The Bertz CT molecular complexity index is 935. The van der Waals surface area contributed by atoms with E-state index in [0.717, 1.165) is 45.4 Å². The van der Waals surface area contributed by atoms with E-state index >= 15 is 0 Å². The van der Waals surface area contributed by atoms with Crippen LogP contribution in [0, 0.1) is 11.8 Å². The van der Waals surface area contributed by atoms with Crippen LogP contribution >= 0.6 is 0 Å². The number of nitrogens with zero attached hydrogens (tertiary/aromatic N) is 2. The molecule has 0 aliphatic carbocycles. The SMILES string of the molecule is CO[C@@H]1CN(C)C(=O)c2ccc(NS(C)(=O)=O)cc2OC[C@@H](C)N(CC2CCOCC2)C[C@@H]1C. The van der Waals surface area contributed by atoms with Gasteiger partial charge in [0.25, 0.3) is 5.91 Å². The average Bonchev–Trinajstić information content (AvgIpc) is 2.79. The van der Waals surface area contributed by atoms with Crippen LogP contribution in [0.15, 0.2) is 18.2 Å². The van der Waals surface area contributed by atoms with E-state index in [-0.39, 0.29) is 24.0 Å². The van der Waals surface area contributed by atoms with Gasteiger partial charge in [-0.3, -0.25) is 14.4 Å². The van der Waals surface area contributed by atoms with Crippen molar-refractivity contribution in [1.82, 2.24) is 9.80 Å². The number of likely N-dealkylation sites (N-methyl/N-ethyl adjacent to an activating group) is 1. The Labute approximate surface area is 203 Å². The second-order valence-electron chi connectivity index (χ2n) is 9.69. The lowest BCUT2D eigenvalue weighted by Crippen LogP contribution is -2.48. The van der Waals surface area contributed by atoms with E-state index in [9.17, 15) is 13.2 Å². The molecule has 0 unspecified atom stereocenters. The number of benzene rings is 1. The van der Waals surface area contributed by atoms with Crippen molar-refractivity contribution in [1.29, 1.82) is 0 Å². The fourth-order valence-electron chi connectivity index (χ4n) is 4.64. The van der Waals surface area contributed by atoms with Gasteiger partial charge in [-0.15, -0.1) is 0 Å². The number of carbonyl (C=O) groups excluding carboxylic acids is 1. The van der Waals surface area contributed by atoms with Crippen LogP contribution in [0.25, 0.3) is 0 Å². The molecule has 2 aliphatic rings. The first kappa shape index (κ1) is 26.7. The van der Waals surface area contributed by atoms with E-state index in [1.165, 1.54) is 0 Å². The van der Waals surface area contributed by atoms with Crippen LogP contribution < -0.4 is 9.46 Å². The van der Waals surface area contributed by atoms with Gasteiger partial charge in [0.05, 0.1) is 23.6 Å². The van der Waals surface area contributed by atoms with Crippen LogP contribution in [-0.4, -0.2) is 96.1 Å². The standard InChI is InChI=1S/C24H39N3O6S/c1-17-13-27(14-19-8-10-32-11-9-19)18(2)16-33-22-12-20(25-34(5,29)30)6-7-21(22)24(28)26(3)15-23(17)31-4/h6-7,12,17-19,23,25H,8-11,13-16H2,1-5H3/t17-,18+,23+/m0/s1. The minimum atomic E-state index is -3.46. The zero-order valence-corrected chi connectivity index (χ0v) is 21.8. The maximum absolute atomic E-state index is 13.3. The first-order chi connectivity index (χ1) is 16.1. The number of ether oxygens (including phenoxy) is 3. The van der Waals surface area contributed by atoms with Gasteiger partial charge in [-0.2, -0.15) is 0 Å². The lowest BCUT2D eigenvalue weighted by atomic mass is 9.96. The third-order valence-corrected chi connectivity index (χ3v) is 7.32. The number of rotatable bonds is 5. The molecule has 3 atom stereocenters. The molecule has 2 heterocycles. The fourth-order valence-corrected chi connectivity index (χ4v) is 5.19. The van der Waals surface area contributed by atoms with Crippen LogP contribution in [0.5, 0.6) is 5.75 Å². The van der Waals surface area contributed by atoms with E-state index in [1.807, 2.05) is 0 Å². The number of nitrogens with one attached hydrogen (secondary N) is 1.